The summed E-state index contributed by atoms with van der Waals surface area (Å²) in [5.41, 5.74) is 0.500. The summed E-state index contributed by atoms with van der Waals surface area (Å²) >= 11 is 0. The van der Waals surface area contributed by atoms with Crippen molar-refractivity contribution in [1.29, 1.82) is 0 Å². The van der Waals surface area contributed by atoms with Gasteiger partial charge in [-0.05, 0) is 12.3 Å². The van der Waals surface area contributed by atoms with Crippen molar-refractivity contribution in [3.8, 4) is 6.08 Å². The maximum atomic E-state index is 8.69. The molecule has 0 atom stereocenters. The van der Waals surface area contributed by atoms with Crippen molar-refractivity contribution in [3.05, 3.63) is 12.0 Å². The van der Waals surface area contributed by atoms with Crippen molar-refractivity contribution in [1.82, 2.24) is 4.98 Å². The van der Waals surface area contributed by atoms with Gasteiger partial charge in [0.25, 0.3) is 0 Å². The number of ether oxygens (including phenoxy) is 1. The smallest absolute Gasteiger partial charge is 0.393 e. The fraction of sp³-hybridized carbons (Fsp3) is 0.667. The van der Waals surface area contributed by atoms with Gasteiger partial charge >= 0.3 is 6.08 Å². The topological polar surface area (TPSA) is 55.5 Å². The number of hydrogen-bond acceptors (Lipinski definition) is 4. The number of aliphatic hydroxyl groups excluding tert-OH is 1. The first-order valence-electron chi connectivity index (χ1n) is 4.40. The van der Waals surface area contributed by atoms with Gasteiger partial charge in [0.1, 0.15) is 12.0 Å². The highest BCUT2D eigenvalue weighted by Gasteiger charge is 2.03. The highest BCUT2D eigenvalue weighted by molar-refractivity contribution is 4.97. The van der Waals surface area contributed by atoms with Crippen LogP contribution in [0.3, 0.4) is 0 Å². The summed E-state index contributed by atoms with van der Waals surface area (Å²) in [5, 5.41) is 8.69. The SMILES string of the molecule is CC(C)CCOc1nc(CO)co1. The second kappa shape index (κ2) is 4.87. The summed E-state index contributed by atoms with van der Waals surface area (Å²) in [6.45, 7) is 4.73. The van der Waals surface area contributed by atoms with Crippen molar-refractivity contribution in [2.45, 2.75) is 26.9 Å². The number of hydrogen-bond donors (Lipinski definition) is 1. The lowest BCUT2D eigenvalue weighted by molar-refractivity contribution is 0.215. The summed E-state index contributed by atoms with van der Waals surface area (Å²) in [6.07, 6.45) is 2.60. The molecule has 0 bridgehead atoms. The summed E-state index contributed by atoms with van der Waals surface area (Å²) < 4.78 is 10.2. The van der Waals surface area contributed by atoms with Crippen LogP contribution in [0.15, 0.2) is 10.7 Å². The minimum Gasteiger partial charge on any atom is -0.450 e. The maximum absolute atomic E-state index is 8.69. The Bertz CT molecular complexity index is 245. The molecule has 1 aromatic heterocycles. The van der Waals surface area contributed by atoms with Crippen LogP contribution in [0.25, 0.3) is 0 Å². The van der Waals surface area contributed by atoms with Gasteiger partial charge in [0.05, 0.1) is 13.2 Å². The van der Waals surface area contributed by atoms with Crippen molar-refractivity contribution < 1.29 is 14.3 Å². The van der Waals surface area contributed by atoms with Crippen molar-refractivity contribution >= 4 is 0 Å². The second-order valence-electron chi connectivity index (χ2n) is 3.29. The Morgan fingerprint density at radius 2 is 2.38 bits per heavy atom. The van der Waals surface area contributed by atoms with Crippen LogP contribution < -0.4 is 4.74 Å². The molecule has 0 aliphatic heterocycles. The average Bonchev–Trinajstić information content (AvgIpc) is 2.52. The van der Waals surface area contributed by atoms with E-state index in [1.807, 2.05) is 0 Å². The number of aromatic nitrogens is 1. The summed E-state index contributed by atoms with van der Waals surface area (Å²) in [6, 6.07) is 0. The lowest BCUT2D eigenvalue weighted by Gasteiger charge is -2.03. The largest absolute Gasteiger partial charge is 0.450 e. The van der Waals surface area contributed by atoms with Gasteiger partial charge in [0, 0.05) is 0 Å². The fourth-order valence-electron chi connectivity index (χ4n) is 0.809. The molecule has 74 valence electrons. The summed E-state index contributed by atoms with van der Waals surface area (Å²) in [5.74, 6) is 0.604. The first-order chi connectivity index (χ1) is 6.22. The third-order valence-electron chi connectivity index (χ3n) is 1.61. The molecule has 0 saturated carbocycles. The van der Waals surface area contributed by atoms with E-state index in [1.54, 1.807) is 0 Å². The molecule has 1 aromatic rings. The van der Waals surface area contributed by atoms with Crippen molar-refractivity contribution in [2.24, 2.45) is 5.92 Å². The molecule has 0 amide bonds. The van der Waals surface area contributed by atoms with E-state index in [2.05, 4.69) is 18.8 Å². The predicted octanol–water partition coefficient (Wildman–Crippen LogP) is 1.59. The van der Waals surface area contributed by atoms with E-state index >= 15 is 0 Å². The maximum Gasteiger partial charge on any atom is 0.393 e. The third kappa shape index (κ3) is 3.46. The molecule has 1 N–H and O–H groups in total. The molecule has 4 nitrogen and oxygen atoms in total. The molecule has 13 heavy (non-hydrogen) atoms. The molecular formula is C9H15NO3. The van der Waals surface area contributed by atoms with Gasteiger partial charge in [-0.1, -0.05) is 13.8 Å². The molecular weight excluding hydrogens is 170 g/mol. The third-order valence-corrected chi connectivity index (χ3v) is 1.61. The van der Waals surface area contributed by atoms with Crippen LogP contribution in [0.2, 0.25) is 0 Å². The van der Waals surface area contributed by atoms with Crippen LogP contribution in [0.4, 0.5) is 0 Å². The Balaban J connectivity index is 2.28. The monoisotopic (exact) mass is 185 g/mol. The minimum atomic E-state index is -0.114. The quantitative estimate of drug-likeness (QED) is 0.756. The Morgan fingerprint density at radius 3 is 2.92 bits per heavy atom. The van der Waals surface area contributed by atoms with E-state index in [4.69, 9.17) is 14.3 Å². The van der Waals surface area contributed by atoms with E-state index in [0.29, 0.717) is 18.2 Å². The van der Waals surface area contributed by atoms with Gasteiger partial charge in [0.15, 0.2) is 0 Å². The Morgan fingerprint density at radius 1 is 1.62 bits per heavy atom. The van der Waals surface area contributed by atoms with Crippen molar-refractivity contribution in [3.63, 3.8) is 0 Å². The molecule has 0 radical (unpaired) electrons. The highest BCUT2D eigenvalue weighted by atomic mass is 16.6. The van der Waals surface area contributed by atoms with Gasteiger partial charge in [0.2, 0.25) is 0 Å². The molecule has 0 aliphatic carbocycles. The molecule has 0 aromatic carbocycles. The van der Waals surface area contributed by atoms with E-state index in [0.717, 1.165) is 6.42 Å². The first kappa shape index (κ1) is 10.1. The average molecular weight is 185 g/mol. The van der Waals surface area contributed by atoms with Gasteiger partial charge in [-0.3, -0.25) is 0 Å². The zero-order valence-electron chi connectivity index (χ0n) is 7.99. The van der Waals surface area contributed by atoms with Crippen LogP contribution in [0.5, 0.6) is 6.08 Å². The van der Waals surface area contributed by atoms with Gasteiger partial charge in [-0.15, -0.1) is 0 Å². The Labute approximate surface area is 77.5 Å². The Hall–Kier alpha value is -1.03. The lowest BCUT2D eigenvalue weighted by Crippen LogP contribution is -2.01. The van der Waals surface area contributed by atoms with Crippen LogP contribution in [0, 0.1) is 5.92 Å². The molecule has 4 heteroatoms. The molecule has 0 saturated heterocycles. The standard InChI is InChI=1S/C9H15NO3/c1-7(2)3-4-12-9-10-8(5-11)6-13-9/h6-7,11H,3-5H2,1-2H3. The number of oxazole rings is 1. The molecule has 0 spiro atoms. The van der Waals surface area contributed by atoms with Crippen LogP contribution in [0.1, 0.15) is 26.0 Å². The van der Waals surface area contributed by atoms with Gasteiger partial charge in [-0.2, -0.15) is 4.98 Å². The summed E-state index contributed by atoms with van der Waals surface area (Å²) in [7, 11) is 0. The van der Waals surface area contributed by atoms with E-state index in [-0.39, 0.29) is 12.7 Å². The summed E-state index contributed by atoms with van der Waals surface area (Å²) in [4.78, 5) is 3.89. The van der Waals surface area contributed by atoms with Crippen LogP contribution in [-0.4, -0.2) is 16.7 Å². The molecule has 0 fully saturated rings. The number of nitrogens with zero attached hydrogens (tertiary/aromatic N) is 1. The van der Waals surface area contributed by atoms with E-state index < -0.39 is 0 Å². The van der Waals surface area contributed by atoms with Crippen LogP contribution in [-0.2, 0) is 6.61 Å². The predicted molar refractivity (Wildman–Crippen MR) is 47.4 cm³/mol. The number of aliphatic hydroxyl groups is 1. The first-order valence-corrected chi connectivity index (χ1v) is 4.40. The Kier molecular flexibility index (Phi) is 3.76. The minimum absolute atomic E-state index is 0.114. The molecule has 0 unspecified atom stereocenters. The lowest BCUT2D eigenvalue weighted by atomic mass is 10.1. The normalized spacial score (nSPS) is 10.8. The molecule has 1 rings (SSSR count). The fourth-order valence-corrected chi connectivity index (χ4v) is 0.809. The van der Waals surface area contributed by atoms with Gasteiger partial charge in [-0.25, -0.2) is 0 Å². The number of rotatable bonds is 5. The van der Waals surface area contributed by atoms with E-state index in [9.17, 15) is 0 Å². The zero-order chi connectivity index (χ0) is 9.68. The molecule has 1 heterocycles. The zero-order valence-corrected chi connectivity index (χ0v) is 7.99. The van der Waals surface area contributed by atoms with Crippen LogP contribution >= 0.6 is 0 Å². The second-order valence-corrected chi connectivity index (χ2v) is 3.29. The van der Waals surface area contributed by atoms with Crippen molar-refractivity contribution in [2.75, 3.05) is 6.61 Å². The van der Waals surface area contributed by atoms with E-state index in [1.165, 1.54) is 6.26 Å². The molecule has 0 aliphatic rings. The van der Waals surface area contributed by atoms with Gasteiger partial charge < -0.3 is 14.3 Å². The highest BCUT2D eigenvalue weighted by Crippen LogP contribution is 2.11.